The zero-order valence-electron chi connectivity index (χ0n) is 9.01. The van der Waals surface area contributed by atoms with Crippen LogP contribution in [0.1, 0.15) is 21.5 Å². The van der Waals surface area contributed by atoms with Crippen LogP contribution >= 0.6 is 22.6 Å². The van der Waals surface area contributed by atoms with Crippen molar-refractivity contribution in [1.82, 2.24) is 0 Å². The van der Waals surface area contributed by atoms with E-state index in [1.165, 1.54) is 11.1 Å². The zero-order valence-corrected chi connectivity index (χ0v) is 11.2. The lowest BCUT2D eigenvalue weighted by Crippen LogP contribution is -1.91. The summed E-state index contributed by atoms with van der Waals surface area (Å²) in [5.41, 5.74) is 2.70. The molecule has 16 heavy (non-hydrogen) atoms. The van der Waals surface area contributed by atoms with Crippen molar-refractivity contribution in [3.05, 3.63) is 78.2 Å². The first-order valence-electron chi connectivity index (χ1n) is 5.43. The van der Waals surface area contributed by atoms with E-state index in [1.807, 2.05) is 0 Å². The molecule has 0 N–H and O–H groups in total. The van der Waals surface area contributed by atoms with Crippen molar-refractivity contribution >= 4 is 22.6 Å². The van der Waals surface area contributed by atoms with Crippen LogP contribution in [0.3, 0.4) is 0 Å². The van der Waals surface area contributed by atoms with Crippen LogP contribution in [0.25, 0.3) is 0 Å². The summed E-state index contributed by atoms with van der Waals surface area (Å²) >= 11 is 2.50. The van der Waals surface area contributed by atoms with Gasteiger partial charge in [-0.2, -0.15) is 0 Å². The lowest BCUT2D eigenvalue weighted by Gasteiger charge is -2.09. The third-order valence-electron chi connectivity index (χ3n) is 2.52. The van der Waals surface area contributed by atoms with E-state index in [1.54, 1.807) is 0 Å². The molecule has 0 heterocycles. The molecule has 1 atom stereocenters. The third-order valence-corrected chi connectivity index (χ3v) is 3.75. The second-order valence-electron chi connectivity index (χ2n) is 3.73. The van der Waals surface area contributed by atoms with Gasteiger partial charge in [-0.05, 0) is 24.0 Å². The van der Waals surface area contributed by atoms with Crippen LogP contribution in [0.4, 0.5) is 0 Å². The van der Waals surface area contributed by atoms with Crippen molar-refractivity contribution in [3.8, 4) is 0 Å². The molecule has 1 radical (unpaired) electrons. The Morgan fingerprint density at radius 3 is 2.06 bits per heavy atom. The van der Waals surface area contributed by atoms with E-state index in [4.69, 9.17) is 0 Å². The first kappa shape index (κ1) is 11.6. The van der Waals surface area contributed by atoms with Crippen LogP contribution < -0.4 is 0 Å². The summed E-state index contributed by atoms with van der Waals surface area (Å²) in [5.74, 6) is 0. The van der Waals surface area contributed by atoms with E-state index >= 15 is 0 Å². The standard InChI is InChI=1S/C15H14I/c16-15(14-9-5-2-6-10-14)12-11-13-7-3-1-4-8-13/h1-11,15H,12H2. The Morgan fingerprint density at radius 2 is 1.44 bits per heavy atom. The van der Waals surface area contributed by atoms with Crippen molar-refractivity contribution in [3.63, 3.8) is 0 Å². The summed E-state index contributed by atoms with van der Waals surface area (Å²) in [4.78, 5) is 0. The van der Waals surface area contributed by atoms with Gasteiger partial charge in [0, 0.05) is 3.92 Å². The highest BCUT2D eigenvalue weighted by Gasteiger charge is 2.06. The minimum absolute atomic E-state index is 0.555. The number of halogens is 1. The molecule has 0 nitrogen and oxygen atoms in total. The first-order chi connectivity index (χ1) is 7.86. The fourth-order valence-electron chi connectivity index (χ4n) is 1.63. The summed E-state index contributed by atoms with van der Waals surface area (Å²) in [6.45, 7) is 0. The maximum Gasteiger partial charge on any atom is 0.0365 e. The summed E-state index contributed by atoms with van der Waals surface area (Å²) < 4.78 is 0.555. The predicted molar refractivity (Wildman–Crippen MR) is 77.7 cm³/mol. The molecule has 0 aliphatic rings. The molecule has 0 fully saturated rings. The molecule has 0 spiro atoms. The van der Waals surface area contributed by atoms with Crippen LogP contribution in [0.2, 0.25) is 0 Å². The quantitative estimate of drug-likeness (QED) is 0.560. The van der Waals surface area contributed by atoms with Gasteiger partial charge in [-0.25, -0.2) is 0 Å². The van der Waals surface area contributed by atoms with Gasteiger partial charge in [0.2, 0.25) is 0 Å². The van der Waals surface area contributed by atoms with Crippen LogP contribution in [0.15, 0.2) is 60.7 Å². The zero-order chi connectivity index (χ0) is 11.2. The largest absolute Gasteiger partial charge is 0.0774 e. The van der Waals surface area contributed by atoms with Gasteiger partial charge in [0.05, 0.1) is 0 Å². The van der Waals surface area contributed by atoms with E-state index in [-0.39, 0.29) is 0 Å². The predicted octanol–water partition coefficient (Wildman–Crippen LogP) is 4.81. The Balaban J connectivity index is 1.92. The molecule has 0 aliphatic heterocycles. The average Bonchev–Trinajstić information content (AvgIpc) is 2.38. The highest BCUT2D eigenvalue weighted by atomic mass is 127. The van der Waals surface area contributed by atoms with Crippen LogP contribution in [-0.2, 0) is 0 Å². The summed E-state index contributed by atoms with van der Waals surface area (Å²) in [7, 11) is 0. The van der Waals surface area contributed by atoms with Crippen molar-refractivity contribution in [1.29, 1.82) is 0 Å². The van der Waals surface area contributed by atoms with E-state index in [0.717, 1.165) is 6.42 Å². The van der Waals surface area contributed by atoms with Gasteiger partial charge >= 0.3 is 0 Å². The molecule has 2 aromatic rings. The maximum atomic E-state index is 2.50. The van der Waals surface area contributed by atoms with Gasteiger partial charge in [0.1, 0.15) is 0 Å². The second-order valence-corrected chi connectivity index (χ2v) is 5.23. The second kappa shape index (κ2) is 6.04. The van der Waals surface area contributed by atoms with Crippen molar-refractivity contribution in [2.45, 2.75) is 10.3 Å². The van der Waals surface area contributed by atoms with Gasteiger partial charge in [-0.3, -0.25) is 0 Å². The molecule has 0 amide bonds. The molecular formula is C15H14I. The maximum absolute atomic E-state index is 2.50. The van der Waals surface area contributed by atoms with E-state index in [2.05, 4.69) is 89.7 Å². The van der Waals surface area contributed by atoms with E-state index in [0.29, 0.717) is 3.92 Å². The van der Waals surface area contributed by atoms with Crippen LogP contribution in [0, 0.1) is 6.42 Å². The molecule has 0 saturated carbocycles. The molecule has 0 bridgehead atoms. The lowest BCUT2D eigenvalue weighted by molar-refractivity contribution is 0.957. The van der Waals surface area contributed by atoms with Gasteiger partial charge in [-0.1, -0.05) is 83.3 Å². The molecule has 0 aromatic heterocycles. The van der Waals surface area contributed by atoms with Crippen LogP contribution in [0.5, 0.6) is 0 Å². The molecular weight excluding hydrogens is 307 g/mol. The Labute approximate surface area is 111 Å². The number of rotatable bonds is 4. The smallest absolute Gasteiger partial charge is 0.0365 e. The lowest BCUT2D eigenvalue weighted by atomic mass is 10.0. The van der Waals surface area contributed by atoms with Crippen LogP contribution in [-0.4, -0.2) is 0 Å². The van der Waals surface area contributed by atoms with Gasteiger partial charge < -0.3 is 0 Å². The Bertz CT molecular complexity index is 408. The fraction of sp³-hybridized carbons (Fsp3) is 0.133. The first-order valence-corrected chi connectivity index (χ1v) is 6.68. The topological polar surface area (TPSA) is 0 Å². The Kier molecular flexibility index (Phi) is 4.40. The number of hydrogen-bond donors (Lipinski definition) is 0. The number of benzene rings is 2. The highest BCUT2D eigenvalue weighted by molar-refractivity contribution is 14.1. The van der Waals surface area contributed by atoms with Gasteiger partial charge in [0.15, 0.2) is 0 Å². The summed E-state index contributed by atoms with van der Waals surface area (Å²) in [6, 6.07) is 21.2. The van der Waals surface area contributed by atoms with E-state index < -0.39 is 0 Å². The van der Waals surface area contributed by atoms with Crippen molar-refractivity contribution in [2.24, 2.45) is 0 Å². The molecule has 2 aromatic carbocycles. The summed E-state index contributed by atoms with van der Waals surface area (Å²) in [5, 5.41) is 0. The highest BCUT2D eigenvalue weighted by Crippen LogP contribution is 2.28. The van der Waals surface area contributed by atoms with E-state index in [9.17, 15) is 0 Å². The minimum atomic E-state index is 0.555. The number of hydrogen-bond acceptors (Lipinski definition) is 0. The summed E-state index contributed by atoms with van der Waals surface area (Å²) in [6.07, 6.45) is 3.37. The fourth-order valence-corrected chi connectivity index (χ4v) is 2.30. The monoisotopic (exact) mass is 321 g/mol. The average molecular weight is 321 g/mol. The molecule has 0 aliphatic carbocycles. The Morgan fingerprint density at radius 1 is 0.875 bits per heavy atom. The van der Waals surface area contributed by atoms with Crippen molar-refractivity contribution in [2.75, 3.05) is 0 Å². The number of alkyl halides is 1. The molecule has 81 valence electrons. The molecule has 2 rings (SSSR count). The van der Waals surface area contributed by atoms with Gasteiger partial charge in [-0.15, -0.1) is 0 Å². The minimum Gasteiger partial charge on any atom is -0.0774 e. The van der Waals surface area contributed by atoms with Crippen molar-refractivity contribution < 1.29 is 0 Å². The normalized spacial score (nSPS) is 12.3. The van der Waals surface area contributed by atoms with Gasteiger partial charge in [0.25, 0.3) is 0 Å². The molecule has 1 unspecified atom stereocenters. The molecule has 0 saturated heterocycles. The SMILES string of the molecule is IC(C[CH]c1ccccc1)c1ccccc1. The molecule has 1 heteroatoms. The third kappa shape index (κ3) is 3.34. The Hall–Kier alpha value is -0.830.